The van der Waals surface area contributed by atoms with Crippen molar-refractivity contribution in [3.63, 3.8) is 0 Å². The van der Waals surface area contributed by atoms with Gasteiger partial charge in [0.2, 0.25) is 22.7 Å². The van der Waals surface area contributed by atoms with Crippen molar-refractivity contribution in [3.05, 3.63) is 12.1 Å². The second-order valence-corrected chi connectivity index (χ2v) is 8.85. The first kappa shape index (κ1) is 22.2. The quantitative estimate of drug-likeness (QED) is 0.347. The number of rotatable bonds is 10. The van der Waals surface area contributed by atoms with Crippen LogP contribution in [-0.4, -0.2) is 59.1 Å². The summed E-state index contributed by atoms with van der Waals surface area (Å²) in [5, 5.41) is 19.4. The number of nitrogens with one attached hydrogen (secondary N) is 1. The Kier molecular flexibility index (Phi) is 7.76. The van der Waals surface area contributed by atoms with Gasteiger partial charge in [-0.05, 0) is 17.9 Å². The Bertz CT molecular complexity index is 984. The highest BCUT2D eigenvalue weighted by atomic mass is 32.2. The predicted molar refractivity (Wildman–Crippen MR) is 115 cm³/mol. The molecule has 160 valence electrons. The molecule has 3 rings (SSSR count). The lowest BCUT2D eigenvalue weighted by molar-refractivity contribution is -0.113. The number of nitrogens with zero attached hydrogens (tertiary/aromatic N) is 4. The first-order valence-corrected chi connectivity index (χ1v) is 11.4. The molecule has 13 heteroatoms. The molecule has 0 saturated carbocycles. The lowest BCUT2D eigenvalue weighted by atomic mass is 10.2. The summed E-state index contributed by atoms with van der Waals surface area (Å²) in [5.41, 5.74) is 0.600. The van der Waals surface area contributed by atoms with Gasteiger partial charge in [0.05, 0.1) is 27.1 Å². The number of anilines is 1. The fourth-order valence-electron chi connectivity index (χ4n) is 2.31. The molecule has 0 bridgehead atoms. The molecule has 0 atom stereocenters. The number of carbonyl (C=O) groups excluding carboxylic acids is 1. The molecule has 0 fully saturated rings. The van der Waals surface area contributed by atoms with Gasteiger partial charge in [0.15, 0.2) is 15.8 Å². The third-order valence-electron chi connectivity index (χ3n) is 3.57. The topological polar surface area (TPSA) is 121 Å². The van der Waals surface area contributed by atoms with E-state index in [1.807, 2.05) is 6.92 Å². The number of ether oxygens (including phenoxy) is 3. The molecule has 10 nitrogen and oxygen atoms in total. The molecule has 2 heterocycles. The molecule has 0 aliphatic carbocycles. The minimum atomic E-state index is -0.239. The average molecular weight is 470 g/mol. The largest absolute Gasteiger partial charge is 0.493 e. The smallest absolute Gasteiger partial charge is 0.277 e. The van der Waals surface area contributed by atoms with Crippen molar-refractivity contribution in [2.45, 2.75) is 16.5 Å². The predicted octanol–water partition coefficient (Wildman–Crippen LogP) is 3.46. The molecular weight excluding hydrogens is 450 g/mol. The second kappa shape index (κ2) is 10.5. The van der Waals surface area contributed by atoms with Gasteiger partial charge in [0.1, 0.15) is 0 Å². The molecule has 1 amide bonds. The van der Waals surface area contributed by atoms with E-state index in [0.717, 1.165) is 21.9 Å². The minimum Gasteiger partial charge on any atom is -0.493 e. The number of aromatic nitrogens is 4. The van der Waals surface area contributed by atoms with Crippen LogP contribution in [0.1, 0.15) is 6.92 Å². The molecule has 0 aliphatic rings. The number of thioether (sulfide) groups is 2. The zero-order valence-electron chi connectivity index (χ0n) is 16.6. The van der Waals surface area contributed by atoms with E-state index in [1.165, 1.54) is 32.7 Å². The van der Waals surface area contributed by atoms with E-state index in [1.54, 1.807) is 23.9 Å². The Hall–Kier alpha value is -2.51. The van der Waals surface area contributed by atoms with Gasteiger partial charge in [-0.15, -0.1) is 20.4 Å². The van der Waals surface area contributed by atoms with E-state index in [9.17, 15) is 4.79 Å². The Morgan fingerprint density at radius 1 is 1.07 bits per heavy atom. The Balaban J connectivity index is 1.64. The number of methoxy groups -OCH3 is 3. The third-order valence-corrected chi connectivity index (χ3v) is 6.24. The van der Waals surface area contributed by atoms with Crippen molar-refractivity contribution in [2.24, 2.45) is 0 Å². The maximum absolute atomic E-state index is 12.1. The zero-order chi connectivity index (χ0) is 21.5. The van der Waals surface area contributed by atoms with Crippen molar-refractivity contribution < 1.29 is 23.4 Å². The van der Waals surface area contributed by atoms with Gasteiger partial charge in [-0.2, -0.15) is 0 Å². The summed E-state index contributed by atoms with van der Waals surface area (Å²) in [4.78, 5) is 12.1. The van der Waals surface area contributed by atoms with Crippen molar-refractivity contribution in [2.75, 3.05) is 38.2 Å². The van der Waals surface area contributed by atoms with Crippen molar-refractivity contribution in [3.8, 4) is 28.7 Å². The van der Waals surface area contributed by atoms with E-state index in [4.69, 9.17) is 18.6 Å². The SMILES string of the molecule is CCSc1nnc(NC(=O)CSc2nnc(-c3cc(OC)c(OC)c(OC)c3)o2)s1. The number of hydrogen-bond donors (Lipinski definition) is 1. The summed E-state index contributed by atoms with van der Waals surface area (Å²) in [7, 11) is 4.57. The number of carbonyl (C=O) groups is 1. The monoisotopic (exact) mass is 469 g/mol. The summed E-state index contributed by atoms with van der Waals surface area (Å²) < 4.78 is 22.5. The maximum atomic E-state index is 12.1. The van der Waals surface area contributed by atoms with Gasteiger partial charge in [-0.3, -0.25) is 10.1 Å². The summed E-state index contributed by atoms with van der Waals surface area (Å²) >= 11 is 4.02. The van der Waals surface area contributed by atoms with Gasteiger partial charge in [0, 0.05) is 5.56 Å². The molecular formula is C17H19N5O5S3. The van der Waals surface area contributed by atoms with E-state index in [-0.39, 0.29) is 22.8 Å². The van der Waals surface area contributed by atoms with Gasteiger partial charge < -0.3 is 18.6 Å². The molecule has 0 spiro atoms. The molecule has 3 aromatic rings. The summed E-state index contributed by atoms with van der Waals surface area (Å²) in [6, 6.07) is 3.41. The van der Waals surface area contributed by atoms with E-state index < -0.39 is 0 Å². The lowest BCUT2D eigenvalue weighted by Gasteiger charge is -2.12. The lowest BCUT2D eigenvalue weighted by Crippen LogP contribution is -2.13. The summed E-state index contributed by atoms with van der Waals surface area (Å²) in [6.07, 6.45) is 0. The number of amides is 1. The van der Waals surface area contributed by atoms with Crippen LogP contribution in [0, 0.1) is 0 Å². The highest BCUT2D eigenvalue weighted by Gasteiger charge is 2.18. The van der Waals surface area contributed by atoms with E-state index >= 15 is 0 Å². The molecule has 2 aromatic heterocycles. The Morgan fingerprint density at radius 2 is 1.80 bits per heavy atom. The molecule has 0 saturated heterocycles. The molecule has 0 radical (unpaired) electrons. The van der Waals surface area contributed by atoms with Crippen molar-refractivity contribution >= 4 is 45.9 Å². The van der Waals surface area contributed by atoms with Crippen molar-refractivity contribution in [1.29, 1.82) is 0 Å². The first-order valence-electron chi connectivity index (χ1n) is 8.60. The van der Waals surface area contributed by atoms with Crippen LogP contribution in [0.5, 0.6) is 17.2 Å². The number of benzene rings is 1. The van der Waals surface area contributed by atoms with Gasteiger partial charge in [0.25, 0.3) is 5.22 Å². The Morgan fingerprint density at radius 3 is 2.43 bits per heavy atom. The van der Waals surface area contributed by atoms with Crippen LogP contribution >= 0.6 is 34.9 Å². The van der Waals surface area contributed by atoms with Gasteiger partial charge >= 0.3 is 0 Å². The van der Waals surface area contributed by atoms with Crippen LogP contribution in [0.4, 0.5) is 5.13 Å². The zero-order valence-corrected chi connectivity index (χ0v) is 19.1. The van der Waals surface area contributed by atoms with Crippen molar-refractivity contribution in [1.82, 2.24) is 20.4 Å². The Labute approximate surface area is 185 Å². The van der Waals surface area contributed by atoms with Gasteiger partial charge in [-0.25, -0.2) is 0 Å². The first-order chi connectivity index (χ1) is 14.6. The maximum Gasteiger partial charge on any atom is 0.277 e. The fourth-order valence-corrected chi connectivity index (χ4v) is 4.54. The van der Waals surface area contributed by atoms with E-state index in [2.05, 4.69) is 25.7 Å². The normalized spacial score (nSPS) is 10.7. The highest BCUT2D eigenvalue weighted by Crippen LogP contribution is 2.41. The van der Waals surface area contributed by atoms with Crippen LogP contribution < -0.4 is 19.5 Å². The van der Waals surface area contributed by atoms with Crippen LogP contribution in [0.3, 0.4) is 0 Å². The molecule has 1 N–H and O–H groups in total. The van der Waals surface area contributed by atoms with Crippen LogP contribution in [0.2, 0.25) is 0 Å². The molecule has 30 heavy (non-hydrogen) atoms. The second-order valence-electron chi connectivity index (χ2n) is 5.43. The van der Waals surface area contributed by atoms with Crippen LogP contribution in [-0.2, 0) is 4.79 Å². The standard InChI is InChI=1S/C17H19N5O5S3/c1-5-28-17-22-20-15(30-17)18-12(23)8-29-16-21-19-14(27-16)9-6-10(24-2)13(26-4)11(7-9)25-3/h6-7H,5,8H2,1-4H3,(H,18,20,23). The molecule has 0 aliphatic heterocycles. The third kappa shape index (κ3) is 5.34. The highest BCUT2D eigenvalue weighted by molar-refractivity contribution is 8.01. The fraction of sp³-hybridized carbons (Fsp3) is 0.353. The summed E-state index contributed by atoms with van der Waals surface area (Å²) in [6.45, 7) is 2.03. The van der Waals surface area contributed by atoms with Gasteiger partial charge in [-0.1, -0.05) is 41.8 Å². The van der Waals surface area contributed by atoms with Crippen LogP contribution in [0.15, 0.2) is 26.1 Å². The van der Waals surface area contributed by atoms with E-state index in [0.29, 0.717) is 27.9 Å². The average Bonchev–Trinajstić information content (AvgIpc) is 3.41. The number of hydrogen-bond acceptors (Lipinski definition) is 12. The minimum absolute atomic E-state index is 0.0900. The molecule has 0 unspecified atom stereocenters. The van der Waals surface area contributed by atoms with Crippen LogP contribution in [0.25, 0.3) is 11.5 Å². The molecule has 1 aromatic carbocycles. The summed E-state index contributed by atoms with van der Waals surface area (Å²) in [5.74, 6) is 2.41.